The van der Waals surface area contributed by atoms with Crippen molar-refractivity contribution in [3.63, 3.8) is 0 Å². The van der Waals surface area contributed by atoms with E-state index in [4.69, 9.17) is 9.47 Å². The van der Waals surface area contributed by atoms with Crippen molar-refractivity contribution in [2.24, 2.45) is 0 Å². The number of aliphatic hydroxyl groups excluding tert-OH is 1. The predicted octanol–water partition coefficient (Wildman–Crippen LogP) is 3.23. The third-order valence-electron chi connectivity index (χ3n) is 3.77. The van der Waals surface area contributed by atoms with E-state index in [0.29, 0.717) is 12.3 Å². The summed E-state index contributed by atoms with van der Waals surface area (Å²) < 4.78 is 23.6. The van der Waals surface area contributed by atoms with Crippen LogP contribution in [0.5, 0.6) is 11.5 Å². The molecule has 0 aromatic heterocycles. The Morgan fingerprint density at radius 1 is 1.09 bits per heavy atom. The summed E-state index contributed by atoms with van der Waals surface area (Å²) in [7, 11) is 3.03. The summed E-state index contributed by atoms with van der Waals surface area (Å²) in [5, 5.41) is 13.5. The van der Waals surface area contributed by atoms with Crippen LogP contribution in [-0.4, -0.2) is 25.9 Å². The van der Waals surface area contributed by atoms with Gasteiger partial charge in [-0.05, 0) is 42.3 Å². The van der Waals surface area contributed by atoms with Crippen molar-refractivity contribution in [1.82, 2.24) is 5.32 Å². The van der Waals surface area contributed by atoms with Crippen molar-refractivity contribution >= 4 is 0 Å². The SMILES string of the molecule is COc1cccc(C(O)CNC(C)c2ccc(F)c(OC)c2)c1. The summed E-state index contributed by atoms with van der Waals surface area (Å²) >= 11 is 0. The second-order valence-electron chi connectivity index (χ2n) is 5.32. The Hall–Kier alpha value is -2.11. The molecule has 0 aliphatic heterocycles. The summed E-state index contributed by atoms with van der Waals surface area (Å²) in [6.07, 6.45) is -0.658. The van der Waals surface area contributed by atoms with Gasteiger partial charge in [-0.25, -0.2) is 4.39 Å². The van der Waals surface area contributed by atoms with Crippen molar-refractivity contribution in [3.05, 3.63) is 59.4 Å². The van der Waals surface area contributed by atoms with E-state index in [1.54, 1.807) is 25.3 Å². The molecule has 5 heteroatoms. The van der Waals surface area contributed by atoms with Gasteiger partial charge < -0.3 is 19.9 Å². The molecule has 0 heterocycles. The van der Waals surface area contributed by atoms with E-state index in [1.807, 2.05) is 25.1 Å². The molecule has 2 atom stereocenters. The average Bonchev–Trinajstić information content (AvgIpc) is 2.59. The molecule has 0 aliphatic rings. The normalized spacial score (nSPS) is 13.4. The maximum absolute atomic E-state index is 13.4. The number of hydrogen-bond donors (Lipinski definition) is 2. The van der Waals surface area contributed by atoms with Crippen LogP contribution in [-0.2, 0) is 0 Å². The fourth-order valence-electron chi connectivity index (χ4n) is 2.32. The fraction of sp³-hybridized carbons (Fsp3) is 0.333. The first-order chi connectivity index (χ1) is 11.0. The summed E-state index contributed by atoms with van der Waals surface area (Å²) in [6, 6.07) is 12.0. The monoisotopic (exact) mass is 319 g/mol. The number of rotatable bonds is 7. The molecule has 0 saturated carbocycles. The largest absolute Gasteiger partial charge is 0.497 e. The van der Waals surface area contributed by atoms with Gasteiger partial charge in [0.25, 0.3) is 0 Å². The minimum Gasteiger partial charge on any atom is -0.497 e. The van der Waals surface area contributed by atoms with Gasteiger partial charge in [-0.1, -0.05) is 18.2 Å². The number of ether oxygens (including phenoxy) is 2. The van der Waals surface area contributed by atoms with Gasteiger partial charge in [0.2, 0.25) is 0 Å². The first kappa shape index (κ1) is 17.2. The first-order valence-corrected chi connectivity index (χ1v) is 7.44. The van der Waals surface area contributed by atoms with E-state index < -0.39 is 6.10 Å². The quantitative estimate of drug-likeness (QED) is 0.823. The Labute approximate surface area is 135 Å². The molecule has 0 spiro atoms. The minimum atomic E-state index is -0.658. The Kier molecular flexibility index (Phi) is 5.96. The maximum Gasteiger partial charge on any atom is 0.165 e. The van der Waals surface area contributed by atoms with Gasteiger partial charge in [-0.3, -0.25) is 0 Å². The highest BCUT2D eigenvalue weighted by Gasteiger charge is 2.13. The molecule has 0 radical (unpaired) electrons. The maximum atomic E-state index is 13.4. The van der Waals surface area contributed by atoms with Crippen molar-refractivity contribution in [2.75, 3.05) is 20.8 Å². The molecule has 0 aliphatic carbocycles. The van der Waals surface area contributed by atoms with Gasteiger partial charge in [0, 0.05) is 12.6 Å². The number of halogens is 1. The van der Waals surface area contributed by atoms with E-state index in [2.05, 4.69) is 5.32 Å². The molecule has 4 nitrogen and oxygen atoms in total. The van der Waals surface area contributed by atoms with Crippen LogP contribution < -0.4 is 14.8 Å². The molecule has 2 aromatic carbocycles. The van der Waals surface area contributed by atoms with Crippen molar-refractivity contribution in [2.45, 2.75) is 19.1 Å². The second kappa shape index (κ2) is 7.94. The number of aliphatic hydroxyl groups is 1. The number of hydrogen-bond acceptors (Lipinski definition) is 4. The zero-order valence-corrected chi connectivity index (χ0v) is 13.5. The molecule has 0 amide bonds. The van der Waals surface area contributed by atoms with Crippen LogP contribution in [0.2, 0.25) is 0 Å². The summed E-state index contributed by atoms with van der Waals surface area (Å²) in [5.41, 5.74) is 1.67. The lowest BCUT2D eigenvalue weighted by Gasteiger charge is -2.19. The highest BCUT2D eigenvalue weighted by atomic mass is 19.1. The van der Waals surface area contributed by atoms with Gasteiger partial charge >= 0.3 is 0 Å². The Morgan fingerprint density at radius 3 is 2.57 bits per heavy atom. The summed E-state index contributed by atoms with van der Waals surface area (Å²) in [4.78, 5) is 0. The average molecular weight is 319 g/mol. The van der Waals surface area contributed by atoms with E-state index in [0.717, 1.165) is 11.1 Å². The number of methoxy groups -OCH3 is 2. The minimum absolute atomic E-state index is 0.0512. The molecule has 23 heavy (non-hydrogen) atoms. The third kappa shape index (κ3) is 4.43. The van der Waals surface area contributed by atoms with Crippen molar-refractivity contribution < 1.29 is 19.0 Å². The van der Waals surface area contributed by atoms with E-state index >= 15 is 0 Å². The van der Waals surface area contributed by atoms with Crippen LogP contribution >= 0.6 is 0 Å². The topological polar surface area (TPSA) is 50.7 Å². The Morgan fingerprint density at radius 2 is 1.87 bits per heavy atom. The lowest BCUT2D eigenvalue weighted by molar-refractivity contribution is 0.170. The Bertz CT molecular complexity index is 648. The van der Waals surface area contributed by atoms with Crippen LogP contribution in [0.1, 0.15) is 30.2 Å². The number of nitrogens with one attached hydrogen (secondary N) is 1. The second-order valence-corrected chi connectivity index (χ2v) is 5.32. The van der Waals surface area contributed by atoms with E-state index in [9.17, 15) is 9.50 Å². The summed E-state index contributed by atoms with van der Waals surface area (Å²) in [5.74, 6) is 0.530. The van der Waals surface area contributed by atoms with Crippen LogP contribution in [0.15, 0.2) is 42.5 Å². The zero-order valence-electron chi connectivity index (χ0n) is 13.5. The molecular weight excluding hydrogens is 297 g/mol. The lowest BCUT2D eigenvalue weighted by atomic mass is 10.1. The molecule has 2 aromatic rings. The van der Waals surface area contributed by atoms with Crippen molar-refractivity contribution in [3.8, 4) is 11.5 Å². The van der Waals surface area contributed by atoms with Crippen LogP contribution in [0, 0.1) is 5.82 Å². The lowest BCUT2D eigenvalue weighted by Crippen LogP contribution is -2.24. The van der Waals surface area contributed by atoms with Gasteiger partial charge in [-0.15, -0.1) is 0 Å². The molecular formula is C18H22FNO3. The predicted molar refractivity (Wildman–Crippen MR) is 87.3 cm³/mol. The standard InChI is InChI=1S/C18H22FNO3/c1-12(13-7-8-16(19)18(10-13)23-3)20-11-17(21)14-5-4-6-15(9-14)22-2/h4-10,12,17,20-21H,11H2,1-3H3. The van der Waals surface area contributed by atoms with Crippen LogP contribution in [0.25, 0.3) is 0 Å². The Balaban J connectivity index is 1.99. The molecule has 2 rings (SSSR count). The molecule has 0 fully saturated rings. The van der Waals surface area contributed by atoms with Gasteiger partial charge in [0.15, 0.2) is 11.6 Å². The van der Waals surface area contributed by atoms with Gasteiger partial charge in [-0.2, -0.15) is 0 Å². The van der Waals surface area contributed by atoms with E-state index in [1.165, 1.54) is 13.2 Å². The number of benzene rings is 2. The molecule has 0 saturated heterocycles. The highest BCUT2D eigenvalue weighted by molar-refractivity contribution is 5.32. The zero-order chi connectivity index (χ0) is 16.8. The van der Waals surface area contributed by atoms with E-state index in [-0.39, 0.29) is 17.6 Å². The van der Waals surface area contributed by atoms with Crippen LogP contribution in [0.3, 0.4) is 0 Å². The third-order valence-corrected chi connectivity index (χ3v) is 3.77. The summed E-state index contributed by atoms with van der Waals surface area (Å²) in [6.45, 7) is 2.32. The molecule has 124 valence electrons. The van der Waals surface area contributed by atoms with Crippen LogP contribution in [0.4, 0.5) is 4.39 Å². The smallest absolute Gasteiger partial charge is 0.165 e. The van der Waals surface area contributed by atoms with Gasteiger partial charge in [0.05, 0.1) is 20.3 Å². The van der Waals surface area contributed by atoms with Crippen molar-refractivity contribution in [1.29, 1.82) is 0 Å². The van der Waals surface area contributed by atoms with Gasteiger partial charge in [0.1, 0.15) is 5.75 Å². The highest BCUT2D eigenvalue weighted by Crippen LogP contribution is 2.23. The fourth-order valence-corrected chi connectivity index (χ4v) is 2.32. The first-order valence-electron chi connectivity index (χ1n) is 7.44. The molecule has 2 N–H and O–H groups in total. The molecule has 0 bridgehead atoms. The molecule has 2 unspecified atom stereocenters.